The lowest BCUT2D eigenvalue weighted by Gasteiger charge is -2.34. The van der Waals surface area contributed by atoms with E-state index in [0.717, 1.165) is 29.6 Å². The van der Waals surface area contributed by atoms with Crippen molar-refractivity contribution in [2.75, 3.05) is 6.54 Å². The Morgan fingerprint density at radius 1 is 1.05 bits per heavy atom. The Balaban J connectivity index is 1.80. The number of likely N-dealkylation sites (tertiary alicyclic amines) is 1. The highest BCUT2D eigenvalue weighted by Crippen LogP contribution is 2.31. The first-order chi connectivity index (χ1) is 10.7. The van der Waals surface area contributed by atoms with Crippen LogP contribution in [0.5, 0.6) is 11.8 Å². The van der Waals surface area contributed by atoms with E-state index in [4.69, 9.17) is 4.84 Å². The lowest BCUT2D eigenvalue weighted by Crippen LogP contribution is -2.42. The number of hydrogen-bond acceptors (Lipinski definition) is 4. The fourth-order valence-electron chi connectivity index (χ4n) is 2.80. The second-order valence-electron chi connectivity index (χ2n) is 5.32. The van der Waals surface area contributed by atoms with Crippen LogP contribution in [0, 0.1) is 0 Å². The van der Waals surface area contributed by atoms with Gasteiger partial charge in [0.2, 0.25) is 11.8 Å². The minimum Gasteiger partial charge on any atom is -0.492 e. The molecule has 0 bridgehead atoms. The second-order valence-corrected chi connectivity index (χ2v) is 5.32. The average Bonchev–Trinajstić information content (AvgIpc) is 2.87. The highest BCUT2D eigenvalue weighted by Gasteiger charge is 2.30. The summed E-state index contributed by atoms with van der Waals surface area (Å²) in [5, 5.41) is 19.1. The Hall–Kier alpha value is -2.63. The van der Waals surface area contributed by atoms with Crippen LogP contribution >= 0.6 is 0 Å². The molecule has 1 aliphatic heterocycles. The molecule has 1 fully saturated rings. The van der Waals surface area contributed by atoms with Crippen molar-refractivity contribution in [3.05, 3.63) is 48.0 Å². The molecule has 1 aromatic heterocycles. The molecule has 1 amide bonds. The van der Waals surface area contributed by atoms with E-state index >= 15 is 0 Å². The number of piperidine rings is 1. The van der Waals surface area contributed by atoms with Gasteiger partial charge < -0.3 is 15.1 Å². The molecule has 6 nitrogen and oxygen atoms in total. The van der Waals surface area contributed by atoms with E-state index in [1.165, 1.54) is 12.1 Å². The highest BCUT2D eigenvalue weighted by molar-refractivity contribution is 5.69. The number of benzene rings is 1. The summed E-state index contributed by atoms with van der Waals surface area (Å²) in [7, 11) is 0. The quantitative estimate of drug-likeness (QED) is 0.894. The lowest BCUT2D eigenvalue weighted by atomic mass is 9.96. The van der Waals surface area contributed by atoms with Crippen LogP contribution in [0.15, 0.2) is 42.5 Å². The van der Waals surface area contributed by atoms with Gasteiger partial charge in [-0.2, -0.15) is 0 Å². The normalized spacial score (nSPS) is 18.2. The Morgan fingerprint density at radius 3 is 2.41 bits per heavy atom. The molecular formula is C16H18N2O4. The third-order valence-electron chi connectivity index (χ3n) is 3.89. The zero-order valence-corrected chi connectivity index (χ0v) is 12.1. The standard InChI is InChI=1S/C16H18N2O4/c19-14-9-10-15(20)18(14)22-16(21)17-11-5-4-8-13(17)12-6-2-1-3-7-12/h1-3,6-7,9-10,13,19-20H,4-5,8,11H2. The SMILES string of the molecule is O=C(On1c(O)ccc1O)N1CCCCC1c1ccccc1. The summed E-state index contributed by atoms with van der Waals surface area (Å²) in [5.41, 5.74) is 1.06. The van der Waals surface area contributed by atoms with Gasteiger partial charge in [-0.25, -0.2) is 4.79 Å². The molecule has 3 rings (SSSR count). The van der Waals surface area contributed by atoms with Crippen molar-refractivity contribution < 1.29 is 19.8 Å². The van der Waals surface area contributed by atoms with Crippen LogP contribution in [-0.4, -0.2) is 32.5 Å². The average molecular weight is 302 g/mol. The summed E-state index contributed by atoms with van der Waals surface area (Å²) in [6.07, 6.45) is 2.23. The number of carbonyl (C=O) groups excluding carboxylic acids is 1. The van der Waals surface area contributed by atoms with Gasteiger partial charge in [0.25, 0.3) is 0 Å². The van der Waals surface area contributed by atoms with Crippen LogP contribution in [0.4, 0.5) is 4.79 Å². The van der Waals surface area contributed by atoms with Crippen molar-refractivity contribution in [1.29, 1.82) is 0 Å². The molecule has 1 aromatic carbocycles. The molecule has 2 N–H and O–H groups in total. The highest BCUT2D eigenvalue weighted by atomic mass is 16.7. The number of nitrogens with zero attached hydrogens (tertiary/aromatic N) is 2. The van der Waals surface area contributed by atoms with E-state index in [2.05, 4.69) is 0 Å². The van der Waals surface area contributed by atoms with E-state index in [0.29, 0.717) is 6.54 Å². The first kappa shape index (κ1) is 14.3. The molecule has 1 unspecified atom stereocenters. The van der Waals surface area contributed by atoms with E-state index in [1.54, 1.807) is 4.90 Å². The van der Waals surface area contributed by atoms with E-state index < -0.39 is 6.09 Å². The zero-order chi connectivity index (χ0) is 15.5. The monoisotopic (exact) mass is 302 g/mol. The fraction of sp³-hybridized carbons (Fsp3) is 0.312. The maximum Gasteiger partial charge on any atom is 0.435 e. The van der Waals surface area contributed by atoms with Crippen molar-refractivity contribution in [3.63, 3.8) is 0 Å². The number of amides is 1. The summed E-state index contributed by atoms with van der Waals surface area (Å²) >= 11 is 0. The van der Waals surface area contributed by atoms with Gasteiger partial charge >= 0.3 is 6.09 Å². The van der Waals surface area contributed by atoms with Crippen LogP contribution in [-0.2, 0) is 0 Å². The smallest absolute Gasteiger partial charge is 0.435 e. The van der Waals surface area contributed by atoms with Crippen LogP contribution in [0.25, 0.3) is 0 Å². The number of aromatic hydroxyl groups is 2. The minimum absolute atomic E-state index is 0.0534. The molecular weight excluding hydrogens is 284 g/mol. The molecule has 0 saturated carbocycles. The largest absolute Gasteiger partial charge is 0.492 e. The molecule has 1 saturated heterocycles. The first-order valence-electron chi connectivity index (χ1n) is 7.30. The molecule has 0 spiro atoms. The van der Waals surface area contributed by atoms with Gasteiger partial charge in [0, 0.05) is 18.7 Å². The summed E-state index contributed by atoms with van der Waals surface area (Å²) in [5.74, 6) is -0.641. The molecule has 0 aliphatic carbocycles. The van der Waals surface area contributed by atoms with E-state index in [-0.39, 0.29) is 17.8 Å². The van der Waals surface area contributed by atoms with Crippen LogP contribution in [0.1, 0.15) is 30.9 Å². The minimum atomic E-state index is -0.588. The first-order valence-corrected chi connectivity index (χ1v) is 7.30. The summed E-state index contributed by atoms with van der Waals surface area (Å²) in [6, 6.07) is 12.3. The summed E-state index contributed by atoms with van der Waals surface area (Å²) < 4.78 is 0.721. The molecule has 2 aromatic rings. The number of hydrogen-bond donors (Lipinski definition) is 2. The predicted octanol–water partition coefficient (Wildman–Crippen LogP) is 2.68. The number of carbonyl (C=O) groups is 1. The third kappa shape index (κ3) is 2.72. The van der Waals surface area contributed by atoms with Gasteiger partial charge in [0.05, 0.1) is 6.04 Å². The molecule has 0 radical (unpaired) electrons. The second kappa shape index (κ2) is 6.01. The molecule has 6 heteroatoms. The molecule has 2 heterocycles. The fourth-order valence-corrected chi connectivity index (χ4v) is 2.80. The Morgan fingerprint density at radius 2 is 1.73 bits per heavy atom. The van der Waals surface area contributed by atoms with Crippen molar-refractivity contribution in [2.24, 2.45) is 0 Å². The molecule has 116 valence electrons. The molecule has 1 atom stereocenters. The van der Waals surface area contributed by atoms with Gasteiger partial charge in [0.1, 0.15) is 0 Å². The Kier molecular flexibility index (Phi) is 3.91. The topological polar surface area (TPSA) is 74.9 Å². The van der Waals surface area contributed by atoms with Gasteiger partial charge in [-0.1, -0.05) is 30.3 Å². The number of rotatable bonds is 2. The Labute approximate surface area is 128 Å². The maximum absolute atomic E-state index is 12.4. The molecule has 22 heavy (non-hydrogen) atoms. The predicted molar refractivity (Wildman–Crippen MR) is 79.5 cm³/mol. The van der Waals surface area contributed by atoms with Gasteiger partial charge in [-0.15, -0.1) is 4.73 Å². The zero-order valence-electron chi connectivity index (χ0n) is 12.1. The van der Waals surface area contributed by atoms with Crippen LogP contribution < -0.4 is 4.84 Å². The van der Waals surface area contributed by atoms with E-state index in [9.17, 15) is 15.0 Å². The van der Waals surface area contributed by atoms with Crippen molar-refractivity contribution in [3.8, 4) is 11.8 Å². The lowest BCUT2D eigenvalue weighted by molar-refractivity contribution is 0.0524. The van der Waals surface area contributed by atoms with Crippen LogP contribution in [0.3, 0.4) is 0 Å². The van der Waals surface area contributed by atoms with E-state index in [1.807, 2.05) is 30.3 Å². The van der Waals surface area contributed by atoms with Crippen molar-refractivity contribution in [1.82, 2.24) is 9.63 Å². The van der Waals surface area contributed by atoms with Gasteiger partial charge in [-0.3, -0.25) is 4.90 Å². The maximum atomic E-state index is 12.4. The number of aromatic nitrogens is 1. The third-order valence-corrected chi connectivity index (χ3v) is 3.89. The van der Waals surface area contributed by atoms with Gasteiger partial charge in [0.15, 0.2) is 0 Å². The summed E-state index contributed by atoms with van der Waals surface area (Å²) in [4.78, 5) is 19.2. The summed E-state index contributed by atoms with van der Waals surface area (Å²) in [6.45, 7) is 0.585. The van der Waals surface area contributed by atoms with Crippen molar-refractivity contribution in [2.45, 2.75) is 25.3 Å². The van der Waals surface area contributed by atoms with Crippen molar-refractivity contribution >= 4 is 6.09 Å². The van der Waals surface area contributed by atoms with Gasteiger partial charge in [-0.05, 0) is 24.8 Å². The van der Waals surface area contributed by atoms with Crippen LogP contribution in [0.2, 0.25) is 0 Å². The molecule has 1 aliphatic rings. The Bertz CT molecular complexity index is 634.